The van der Waals surface area contributed by atoms with Gasteiger partial charge in [0.25, 0.3) is 0 Å². The lowest BCUT2D eigenvalue weighted by atomic mass is 10.1. The van der Waals surface area contributed by atoms with Crippen molar-refractivity contribution in [3.8, 4) is 0 Å². The Morgan fingerprint density at radius 2 is 2.13 bits per heavy atom. The van der Waals surface area contributed by atoms with Crippen molar-refractivity contribution in [3.05, 3.63) is 35.6 Å². The molecule has 0 saturated carbocycles. The number of benzene rings is 1. The van der Waals surface area contributed by atoms with Crippen LogP contribution in [-0.2, 0) is 24.3 Å². The first-order chi connectivity index (χ1) is 10.8. The van der Waals surface area contributed by atoms with Gasteiger partial charge in [-0.1, -0.05) is 12.1 Å². The van der Waals surface area contributed by atoms with E-state index in [0.29, 0.717) is 5.56 Å². The van der Waals surface area contributed by atoms with E-state index >= 15 is 0 Å². The zero-order valence-corrected chi connectivity index (χ0v) is 13.3. The topological polar surface area (TPSA) is 93.1 Å². The summed E-state index contributed by atoms with van der Waals surface area (Å²) in [6, 6.07) is 5.36. The van der Waals surface area contributed by atoms with Gasteiger partial charge in [0.2, 0.25) is 10.0 Å². The molecule has 2 atom stereocenters. The SMILES string of the molecule is COC(CS(=O)(=O)N1CCOC(C(=O)O)C1)c1ccc(F)cc1. The average Bonchev–Trinajstić information content (AvgIpc) is 2.53. The molecule has 1 N–H and O–H groups in total. The number of halogens is 1. The Balaban J connectivity index is 2.12. The fourth-order valence-electron chi connectivity index (χ4n) is 2.30. The summed E-state index contributed by atoms with van der Waals surface area (Å²) < 4.78 is 49.2. The third kappa shape index (κ3) is 4.47. The number of aliphatic carboxylic acids is 1. The monoisotopic (exact) mass is 347 g/mol. The molecule has 23 heavy (non-hydrogen) atoms. The maximum atomic E-state index is 13.0. The van der Waals surface area contributed by atoms with E-state index < -0.39 is 34.0 Å². The minimum atomic E-state index is -3.75. The molecule has 1 aromatic rings. The zero-order valence-electron chi connectivity index (χ0n) is 12.5. The normalized spacial score (nSPS) is 21.0. The molecule has 1 aliphatic heterocycles. The van der Waals surface area contributed by atoms with Crippen LogP contribution in [0.2, 0.25) is 0 Å². The van der Waals surface area contributed by atoms with Gasteiger partial charge in [-0.2, -0.15) is 4.31 Å². The summed E-state index contributed by atoms with van der Waals surface area (Å²) in [5.74, 6) is -1.99. The molecule has 0 spiro atoms. The summed E-state index contributed by atoms with van der Waals surface area (Å²) in [6.07, 6.45) is -1.95. The Labute approximate surface area is 133 Å². The quantitative estimate of drug-likeness (QED) is 0.811. The van der Waals surface area contributed by atoms with Gasteiger partial charge < -0.3 is 14.6 Å². The highest BCUT2D eigenvalue weighted by Gasteiger charge is 2.34. The Hall–Kier alpha value is -1.55. The predicted molar refractivity (Wildman–Crippen MR) is 78.9 cm³/mol. The van der Waals surface area contributed by atoms with Crippen molar-refractivity contribution >= 4 is 16.0 Å². The third-order valence-corrected chi connectivity index (χ3v) is 5.43. The summed E-state index contributed by atoms with van der Waals surface area (Å²) in [6.45, 7) is -0.131. The number of carboxylic acid groups (broad SMARTS) is 1. The highest BCUT2D eigenvalue weighted by molar-refractivity contribution is 7.89. The van der Waals surface area contributed by atoms with Gasteiger partial charge in [-0.3, -0.25) is 0 Å². The molecule has 1 aromatic carbocycles. The van der Waals surface area contributed by atoms with Crippen LogP contribution in [0.4, 0.5) is 4.39 Å². The molecule has 0 aliphatic carbocycles. The summed E-state index contributed by atoms with van der Waals surface area (Å²) in [7, 11) is -2.38. The second kappa shape index (κ2) is 7.35. The number of methoxy groups -OCH3 is 1. The van der Waals surface area contributed by atoms with E-state index in [1.54, 1.807) is 0 Å². The highest BCUT2D eigenvalue weighted by atomic mass is 32.2. The van der Waals surface area contributed by atoms with Crippen LogP contribution in [-0.4, -0.2) is 62.5 Å². The van der Waals surface area contributed by atoms with Gasteiger partial charge in [-0.05, 0) is 17.7 Å². The molecule has 1 saturated heterocycles. The van der Waals surface area contributed by atoms with Gasteiger partial charge in [-0.25, -0.2) is 17.6 Å². The zero-order chi connectivity index (χ0) is 17.0. The summed E-state index contributed by atoms with van der Waals surface area (Å²) in [4.78, 5) is 11.0. The van der Waals surface area contributed by atoms with E-state index in [0.717, 1.165) is 4.31 Å². The van der Waals surface area contributed by atoms with Crippen LogP contribution in [0.3, 0.4) is 0 Å². The molecular formula is C14H18FNO6S. The lowest BCUT2D eigenvalue weighted by molar-refractivity contribution is -0.153. The number of morpholine rings is 1. The van der Waals surface area contributed by atoms with Crippen molar-refractivity contribution < 1.29 is 32.2 Å². The van der Waals surface area contributed by atoms with Gasteiger partial charge in [0.15, 0.2) is 6.10 Å². The molecule has 0 bridgehead atoms. The Bertz CT molecular complexity index is 648. The number of hydrogen-bond acceptors (Lipinski definition) is 5. The van der Waals surface area contributed by atoms with Crippen LogP contribution in [0.25, 0.3) is 0 Å². The van der Waals surface area contributed by atoms with Crippen molar-refractivity contribution in [2.75, 3.05) is 32.6 Å². The first-order valence-corrected chi connectivity index (χ1v) is 8.55. The second-order valence-corrected chi connectivity index (χ2v) is 7.12. The van der Waals surface area contributed by atoms with E-state index in [1.165, 1.54) is 31.4 Å². The molecule has 128 valence electrons. The summed E-state index contributed by atoms with van der Waals surface area (Å²) in [5.41, 5.74) is 0.528. The van der Waals surface area contributed by atoms with Crippen molar-refractivity contribution in [1.29, 1.82) is 0 Å². The fraction of sp³-hybridized carbons (Fsp3) is 0.500. The lowest BCUT2D eigenvalue weighted by Crippen LogP contribution is -2.49. The first-order valence-electron chi connectivity index (χ1n) is 6.94. The summed E-state index contributed by atoms with van der Waals surface area (Å²) in [5, 5.41) is 8.95. The van der Waals surface area contributed by atoms with Crippen LogP contribution in [0, 0.1) is 5.82 Å². The number of ether oxygens (including phenoxy) is 2. The molecule has 2 rings (SSSR count). The molecule has 0 radical (unpaired) electrons. The van der Waals surface area contributed by atoms with Crippen molar-refractivity contribution in [2.45, 2.75) is 12.2 Å². The van der Waals surface area contributed by atoms with E-state index in [-0.39, 0.29) is 25.4 Å². The lowest BCUT2D eigenvalue weighted by Gasteiger charge is -2.31. The maximum absolute atomic E-state index is 13.0. The van der Waals surface area contributed by atoms with Crippen LogP contribution >= 0.6 is 0 Å². The largest absolute Gasteiger partial charge is 0.479 e. The molecule has 7 nitrogen and oxygen atoms in total. The van der Waals surface area contributed by atoms with E-state index in [1.807, 2.05) is 0 Å². The molecule has 2 unspecified atom stereocenters. The molecular weight excluding hydrogens is 329 g/mol. The summed E-state index contributed by atoms with van der Waals surface area (Å²) >= 11 is 0. The van der Waals surface area contributed by atoms with Gasteiger partial charge >= 0.3 is 5.97 Å². The fourth-order valence-corrected chi connectivity index (χ4v) is 3.94. The molecule has 1 aliphatic rings. The number of hydrogen-bond donors (Lipinski definition) is 1. The van der Waals surface area contributed by atoms with E-state index in [2.05, 4.69) is 0 Å². The standard InChI is InChI=1S/C14H18FNO6S/c1-21-13(10-2-4-11(15)5-3-10)9-23(19,20)16-6-7-22-12(8-16)14(17)18/h2-5,12-13H,6-9H2,1H3,(H,17,18). The predicted octanol–water partition coefficient (Wildman–Crippen LogP) is 0.628. The van der Waals surface area contributed by atoms with Gasteiger partial charge in [0.1, 0.15) is 5.82 Å². The second-order valence-electron chi connectivity index (χ2n) is 5.11. The molecule has 0 aromatic heterocycles. The maximum Gasteiger partial charge on any atom is 0.334 e. The van der Waals surface area contributed by atoms with Crippen LogP contribution < -0.4 is 0 Å². The first kappa shape index (κ1) is 17.8. The highest BCUT2D eigenvalue weighted by Crippen LogP contribution is 2.22. The molecule has 1 heterocycles. The minimum Gasteiger partial charge on any atom is -0.479 e. The third-order valence-electron chi connectivity index (χ3n) is 3.59. The number of rotatable bonds is 6. The number of carboxylic acids is 1. The van der Waals surface area contributed by atoms with Gasteiger partial charge in [-0.15, -0.1) is 0 Å². The van der Waals surface area contributed by atoms with E-state index in [9.17, 15) is 17.6 Å². The van der Waals surface area contributed by atoms with Gasteiger partial charge in [0.05, 0.1) is 25.0 Å². The van der Waals surface area contributed by atoms with Crippen molar-refractivity contribution in [2.24, 2.45) is 0 Å². The number of carbonyl (C=O) groups is 1. The Morgan fingerprint density at radius 1 is 1.48 bits per heavy atom. The number of nitrogens with zero attached hydrogens (tertiary/aromatic N) is 1. The minimum absolute atomic E-state index is 0.0182. The van der Waals surface area contributed by atoms with Gasteiger partial charge in [0, 0.05) is 13.7 Å². The molecule has 9 heteroatoms. The Kier molecular flexibility index (Phi) is 5.69. The number of sulfonamides is 1. The van der Waals surface area contributed by atoms with Crippen LogP contribution in [0.5, 0.6) is 0 Å². The smallest absolute Gasteiger partial charge is 0.334 e. The Morgan fingerprint density at radius 3 is 2.70 bits per heavy atom. The average molecular weight is 347 g/mol. The molecule has 0 amide bonds. The molecule has 1 fully saturated rings. The van der Waals surface area contributed by atoms with Crippen molar-refractivity contribution in [1.82, 2.24) is 4.31 Å². The van der Waals surface area contributed by atoms with Crippen LogP contribution in [0.15, 0.2) is 24.3 Å². The van der Waals surface area contributed by atoms with Crippen LogP contribution in [0.1, 0.15) is 11.7 Å². The van der Waals surface area contributed by atoms with E-state index in [4.69, 9.17) is 14.6 Å². The van der Waals surface area contributed by atoms with Crippen molar-refractivity contribution in [3.63, 3.8) is 0 Å².